The molecule has 1 aromatic carbocycles. The van der Waals surface area contributed by atoms with E-state index in [0.717, 1.165) is 35.3 Å². The quantitative estimate of drug-likeness (QED) is 0.267. The monoisotopic (exact) mass is 411 g/mol. The summed E-state index contributed by atoms with van der Waals surface area (Å²) in [4.78, 5) is 22.4. The molecule has 0 saturated carbocycles. The summed E-state index contributed by atoms with van der Waals surface area (Å²) in [5, 5.41) is 6.19. The van der Waals surface area contributed by atoms with Gasteiger partial charge in [0.15, 0.2) is 16.0 Å². The average molecular weight is 412 g/mol. The van der Waals surface area contributed by atoms with E-state index in [1.807, 2.05) is 13.8 Å². The number of benzene rings is 1. The molecule has 0 bridgehead atoms. The number of thiazole rings is 1. The van der Waals surface area contributed by atoms with Crippen LogP contribution in [0.2, 0.25) is 0 Å². The predicted octanol–water partition coefficient (Wildman–Crippen LogP) is 4.14. The van der Waals surface area contributed by atoms with Gasteiger partial charge in [0, 0.05) is 17.1 Å². The number of carbonyl (C=O) groups excluding carboxylic acids is 1. The zero-order valence-electron chi connectivity index (χ0n) is 15.1. The molecule has 0 saturated heterocycles. The van der Waals surface area contributed by atoms with Crippen molar-refractivity contribution >= 4 is 40.7 Å². The second-order valence-corrected chi connectivity index (χ2v) is 7.15. The summed E-state index contributed by atoms with van der Waals surface area (Å²) in [6.45, 7) is 4.97. The molecule has 1 aromatic heterocycles. The van der Waals surface area contributed by atoms with E-state index in [0.29, 0.717) is 18.8 Å². The van der Waals surface area contributed by atoms with Crippen molar-refractivity contribution in [1.29, 1.82) is 0 Å². The molecule has 0 fully saturated rings. The van der Waals surface area contributed by atoms with E-state index >= 15 is 0 Å². The summed E-state index contributed by atoms with van der Waals surface area (Å²) in [7, 11) is 0. The van der Waals surface area contributed by atoms with Crippen molar-refractivity contribution in [3.8, 4) is 0 Å². The number of hydrogen-bond donors (Lipinski definition) is 2. The molecule has 1 heterocycles. The molecular weight excluding hydrogens is 389 g/mol. The number of carbonyl (C=O) groups is 1. The van der Waals surface area contributed by atoms with E-state index in [2.05, 4.69) is 28.1 Å². The molecule has 0 aliphatic heterocycles. The summed E-state index contributed by atoms with van der Waals surface area (Å²) in [5.41, 5.74) is 0.641. The Morgan fingerprint density at radius 3 is 2.78 bits per heavy atom. The maximum atomic E-state index is 13.1. The van der Waals surface area contributed by atoms with Crippen molar-refractivity contribution in [2.75, 3.05) is 18.5 Å². The van der Waals surface area contributed by atoms with Crippen LogP contribution >= 0.6 is 24.0 Å². The lowest BCUT2D eigenvalue weighted by Crippen LogP contribution is -2.24. The van der Waals surface area contributed by atoms with Crippen molar-refractivity contribution in [3.63, 3.8) is 0 Å². The van der Waals surface area contributed by atoms with Crippen molar-refractivity contribution in [1.82, 2.24) is 4.98 Å². The van der Waals surface area contributed by atoms with Crippen LogP contribution in [-0.2, 0) is 14.4 Å². The van der Waals surface area contributed by atoms with Crippen molar-refractivity contribution in [3.05, 3.63) is 41.2 Å². The third-order valence-corrected chi connectivity index (χ3v) is 4.51. The number of amides is 1. The molecule has 2 aromatic rings. The number of aromatic nitrogens is 1. The Bertz CT molecular complexity index is 765. The van der Waals surface area contributed by atoms with Gasteiger partial charge in [-0.3, -0.25) is 10.1 Å². The Morgan fingerprint density at radius 2 is 2.15 bits per heavy atom. The molecule has 9 heteroatoms. The summed E-state index contributed by atoms with van der Waals surface area (Å²) >= 11 is 4.98. The smallest absolute Gasteiger partial charge is 0.280 e. The second kappa shape index (κ2) is 11.0. The highest BCUT2D eigenvalue weighted by atomic mass is 32.1. The van der Waals surface area contributed by atoms with E-state index in [-0.39, 0.29) is 16.9 Å². The zero-order valence-corrected chi connectivity index (χ0v) is 16.9. The lowest BCUT2D eigenvalue weighted by molar-refractivity contribution is -0.110. The van der Waals surface area contributed by atoms with Crippen LogP contribution in [0.25, 0.3) is 0 Å². The van der Waals surface area contributed by atoms with Gasteiger partial charge in [-0.05, 0) is 38.8 Å². The van der Waals surface area contributed by atoms with Crippen LogP contribution in [0, 0.1) is 5.13 Å². The normalized spacial score (nSPS) is 12.7. The van der Waals surface area contributed by atoms with Gasteiger partial charge in [0.1, 0.15) is 6.61 Å². The molecule has 2 rings (SSSR count). The maximum absolute atomic E-state index is 13.1. The minimum Gasteiger partial charge on any atom is -0.395 e. The summed E-state index contributed by atoms with van der Waals surface area (Å²) in [5.74, 6) is -0.529. The number of rotatable bonds is 10. The first-order valence-electron chi connectivity index (χ1n) is 8.53. The standard InChI is InChI=1S/C18H22FN3O3S2/c1-3-24-12(2)5-4-10-25-22-16(13-6-8-14(26)9-7-13)17(23)21-18-20-11-15(19)27-18/h6-9,11-12,26H,3-5,10H2,1-2H3,(H,20,21,23)/b22-16+. The SMILES string of the molecule is CCOC(C)CCCO/N=C(/C(=O)Nc1ncc(F)s1)c1ccc(S)cc1. The molecule has 1 unspecified atom stereocenters. The van der Waals surface area contributed by atoms with Gasteiger partial charge in [-0.25, -0.2) is 4.98 Å². The number of halogens is 1. The second-order valence-electron chi connectivity index (χ2n) is 5.65. The van der Waals surface area contributed by atoms with Crippen molar-refractivity contribution < 1.29 is 18.8 Å². The average Bonchev–Trinajstić information content (AvgIpc) is 3.04. The molecular formula is C18H22FN3O3S2. The number of anilines is 1. The van der Waals surface area contributed by atoms with Gasteiger partial charge in [-0.2, -0.15) is 4.39 Å². The molecule has 146 valence electrons. The highest BCUT2D eigenvalue weighted by Crippen LogP contribution is 2.17. The number of ether oxygens (including phenoxy) is 1. The Labute approximate surface area is 167 Å². The molecule has 0 spiro atoms. The number of nitrogens with one attached hydrogen (secondary N) is 1. The van der Waals surface area contributed by atoms with Crippen LogP contribution < -0.4 is 5.32 Å². The van der Waals surface area contributed by atoms with E-state index in [4.69, 9.17) is 9.57 Å². The van der Waals surface area contributed by atoms with Gasteiger partial charge in [-0.1, -0.05) is 28.6 Å². The van der Waals surface area contributed by atoms with Gasteiger partial charge in [-0.15, -0.1) is 12.6 Å². The van der Waals surface area contributed by atoms with Crippen LogP contribution in [0.4, 0.5) is 9.52 Å². The minimum atomic E-state index is -0.529. The minimum absolute atomic E-state index is 0.0804. The fourth-order valence-electron chi connectivity index (χ4n) is 2.23. The largest absolute Gasteiger partial charge is 0.395 e. The van der Waals surface area contributed by atoms with E-state index < -0.39 is 11.0 Å². The van der Waals surface area contributed by atoms with Crippen LogP contribution in [0.1, 0.15) is 32.3 Å². The Balaban J connectivity index is 2.02. The first-order chi connectivity index (χ1) is 13.0. The van der Waals surface area contributed by atoms with E-state index in [1.54, 1.807) is 24.3 Å². The molecule has 0 radical (unpaired) electrons. The van der Waals surface area contributed by atoms with Crippen molar-refractivity contribution in [2.24, 2.45) is 5.16 Å². The molecule has 1 amide bonds. The maximum Gasteiger partial charge on any atom is 0.280 e. The summed E-state index contributed by atoms with van der Waals surface area (Å²) in [6.07, 6.45) is 2.76. The van der Waals surface area contributed by atoms with Crippen LogP contribution in [-0.4, -0.2) is 35.9 Å². The Kier molecular flexibility index (Phi) is 8.70. The molecule has 0 aliphatic carbocycles. The topological polar surface area (TPSA) is 72.8 Å². The summed E-state index contributed by atoms with van der Waals surface area (Å²) < 4.78 is 18.5. The van der Waals surface area contributed by atoms with Crippen LogP contribution in [0.5, 0.6) is 0 Å². The Hall–Kier alpha value is -1.97. The number of nitrogens with zero attached hydrogens (tertiary/aromatic N) is 2. The van der Waals surface area contributed by atoms with Crippen LogP contribution in [0.15, 0.2) is 40.5 Å². The third kappa shape index (κ3) is 7.28. The van der Waals surface area contributed by atoms with E-state index in [9.17, 15) is 9.18 Å². The first-order valence-corrected chi connectivity index (χ1v) is 9.79. The molecule has 0 aliphatic rings. The van der Waals surface area contributed by atoms with Crippen molar-refractivity contribution in [2.45, 2.75) is 37.7 Å². The van der Waals surface area contributed by atoms with Gasteiger partial charge >= 0.3 is 0 Å². The van der Waals surface area contributed by atoms with Gasteiger partial charge < -0.3 is 9.57 Å². The number of thiol groups is 1. The van der Waals surface area contributed by atoms with Gasteiger partial charge in [0.05, 0.1) is 12.3 Å². The fraction of sp³-hybridized carbons (Fsp3) is 0.389. The lowest BCUT2D eigenvalue weighted by Gasteiger charge is -2.11. The number of hydrogen-bond acceptors (Lipinski definition) is 7. The zero-order chi connectivity index (χ0) is 19.6. The summed E-state index contributed by atoms with van der Waals surface area (Å²) in [6, 6.07) is 6.91. The molecule has 27 heavy (non-hydrogen) atoms. The first kappa shape index (κ1) is 21.3. The van der Waals surface area contributed by atoms with Gasteiger partial charge in [0.25, 0.3) is 5.91 Å². The highest BCUT2D eigenvalue weighted by Gasteiger charge is 2.17. The fourth-order valence-corrected chi connectivity index (χ4v) is 2.91. The van der Waals surface area contributed by atoms with Crippen LogP contribution in [0.3, 0.4) is 0 Å². The predicted molar refractivity (Wildman–Crippen MR) is 107 cm³/mol. The number of oxime groups is 1. The van der Waals surface area contributed by atoms with E-state index in [1.165, 1.54) is 0 Å². The third-order valence-electron chi connectivity index (χ3n) is 3.51. The highest BCUT2D eigenvalue weighted by molar-refractivity contribution is 7.80. The molecule has 1 atom stereocenters. The van der Waals surface area contributed by atoms with Gasteiger partial charge in [0.2, 0.25) is 0 Å². The molecule has 1 N–H and O–H groups in total. The Morgan fingerprint density at radius 1 is 1.41 bits per heavy atom. The lowest BCUT2D eigenvalue weighted by atomic mass is 10.1. The molecule has 6 nitrogen and oxygen atoms in total.